The van der Waals surface area contributed by atoms with Crippen LogP contribution in [-0.4, -0.2) is 21.7 Å². The lowest BCUT2D eigenvalue weighted by Gasteiger charge is -2.17. The number of rotatable bonds is 4. The highest BCUT2D eigenvalue weighted by molar-refractivity contribution is 6.26. The van der Waals surface area contributed by atoms with Crippen molar-refractivity contribution in [3.8, 4) is 0 Å². The number of fused-ring (bicyclic) bond motifs is 1. The number of hydrogen-bond acceptors (Lipinski definition) is 4. The number of hydrogen-bond donors (Lipinski definition) is 1. The Labute approximate surface area is 128 Å². The summed E-state index contributed by atoms with van der Waals surface area (Å²) in [6.07, 6.45) is 4.21. The zero-order valence-corrected chi connectivity index (χ0v) is 12.0. The molecule has 0 saturated carbocycles. The Morgan fingerprint density at radius 1 is 1.14 bits per heavy atom. The lowest BCUT2D eigenvalue weighted by Crippen LogP contribution is -2.22. The predicted molar refractivity (Wildman–Crippen MR) is 82.3 cm³/mol. The van der Waals surface area contributed by atoms with Crippen molar-refractivity contribution in [2.24, 2.45) is 0 Å². The highest BCUT2D eigenvalue weighted by Crippen LogP contribution is 2.28. The topological polar surface area (TPSA) is 67.3 Å². The van der Waals surface area contributed by atoms with Gasteiger partial charge in [0.25, 0.3) is 0 Å². The summed E-state index contributed by atoms with van der Waals surface area (Å²) in [5.74, 6) is -0.809. The molecule has 4 nitrogen and oxygen atoms in total. The summed E-state index contributed by atoms with van der Waals surface area (Å²) in [6, 6.07) is 10.8. The first-order chi connectivity index (χ1) is 10.7. The molecule has 22 heavy (non-hydrogen) atoms. The van der Waals surface area contributed by atoms with Gasteiger partial charge in [-0.3, -0.25) is 14.6 Å². The smallest absolute Gasteiger partial charge is 0.174 e. The van der Waals surface area contributed by atoms with Crippen molar-refractivity contribution in [1.29, 1.82) is 0 Å². The lowest BCUT2D eigenvalue weighted by molar-refractivity contribution is -0.121. The molecule has 0 amide bonds. The van der Waals surface area contributed by atoms with Crippen molar-refractivity contribution in [3.63, 3.8) is 0 Å². The van der Waals surface area contributed by atoms with E-state index in [-0.39, 0.29) is 35.7 Å². The van der Waals surface area contributed by atoms with Crippen molar-refractivity contribution in [2.75, 3.05) is 0 Å². The zero-order valence-electron chi connectivity index (χ0n) is 12.0. The fraction of sp³-hybridized carbons (Fsp3) is 0.167. The molecule has 0 saturated heterocycles. The number of aromatic nitrogens is 1. The van der Waals surface area contributed by atoms with Crippen molar-refractivity contribution in [3.05, 3.63) is 71.1 Å². The second-order valence-corrected chi connectivity index (χ2v) is 5.26. The molecule has 0 atom stereocenters. The largest absolute Gasteiger partial charge is 0.506 e. The average molecular weight is 293 g/mol. The number of carbonyl (C=O) groups excluding carboxylic acids is 2. The lowest BCUT2D eigenvalue weighted by atomic mass is 9.86. The first kappa shape index (κ1) is 14.2. The molecule has 1 aromatic carbocycles. The maximum atomic E-state index is 12.3. The Morgan fingerprint density at radius 3 is 2.64 bits per heavy atom. The minimum absolute atomic E-state index is 0.0623. The van der Waals surface area contributed by atoms with Crippen molar-refractivity contribution >= 4 is 17.3 Å². The summed E-state index contributed by atoms with van der Waals surface area (Å²) in [7, 11) is 0. The number of aliphatic hydroxyl groups is 1. The standard InChI is InChI=1S/C18H15NO3/c20-15(6-5-12-7-9-19-10-8-12)17-16(21)11-13-3-1-2-4-14(13)18(17)22/h1-4,7-10,22H,5-6,11H2. The predicted octanol–water partition coefficient (Wildman–Crippen LogP) is 2.68. The van der Waals surface area contributed by atoms with Gasteiger partial charge in [0.1, 0.15) is 11.3 Å². The molecule has 1 N–H and O–H groups in total. The van der Waals surface area contributed by atoms with Crippen LogP contribution in [0.25, 0.3) is 5.76 Å². The summed E-state index contributed by atoms with van der Waals surface area (Å²) in [5, 5.41) is 10.3. The number of allylic oxidation sites excluding steroid dienone is 1. The molecule has 1 aromatic heterocycles. The van der Waals surface area contributed by atoms with Crippen LogP contribution in [0, 0.1) is 0 Å². The van der Waals surface area contributed by atoms with Crippen LogP contribution >= 0.6 is 0 Å². The van der Waals surface area contributed by atoms with E-state index < -0.39 is 0 Å². The molecule has 1 aliphatic carbocycles. The number of pyridine rings is 1. The van der Waals surface area contributed by atoms with E-state index in [1.54, 1.807) is 30.6 Å². The van der Waals surface area contributed by atoms with E-state index in [1.165, 1.54) is 0 Å². The number of Topliss-reactive ketones (excluding diaryl/α,β-unsaturated/α-hetero) is 2. The summed E-state index contributed by atoms with van der Waals surface area (Å²) >= 11 is 0. The summed E-state index contributed by atoms with van der Waals surface area (Å²) in [4.78, 5) is 28.4. The SMILES string of the molecule is O=C(CCc1ccncc1)C1=C(O)c2ccccc2CC1=O. The van der Waals surface area contributed by atoms with Crippen molar-refractivity contribution in [2.45, 2.75) is 19.3 Å². The molecule has 0 aliphatic heterocycles. The van der Waals surface area contributed by atoms with Gasteiger partial charge in [0.2, 0.25) is 0 Å². The van der Waals surface area contributed by atoms with Gasteiger partial charge in [-0.05, 0) is 29.7 Å². The molecule has 3 rings (SSSR count). The third-order valence-corrected chi connectivity index (χ3v) is 3.81. The maximum Gasteiger partial charge on any atom is 0.174 e. The minimum atomic E-state index is -0.311. The number of ketones is 2. The summed E-state index contributed by atoms with van der Waals surface area (Å²) < 4.78 is 0. The second kappa shape index (κ2) is 5.93. The van der Waals surface area contributed by atoms with Gasteiger partial charge in [-0.1, -0.05) is 24.3 Å². The number of aliphatic hydroxyl groups excluding tert-OH is 1. The number of aryl methyl sites for hydroxylation is 1. The average Bonchev–Trinajstić information content (AvgIpc) is 2.54. The van der Waals surface area contributed by atoms with Crippen molar-refractivity contribution < 1.29 is 14.7 Å². The number of nitrogens with zero attached hydrogens (tertiary/aromatic N) is 1. The molecule has 0 bridgehead atoms. The fourth-order valence-electron chi connectivity index (χ4n) is 2.65. The molecule has 0 fully saturated rings. The Balaban J connectivity index is 1.84. The van der Waals surface area contributed by atoms with Crippen LogP contribution in [-0.2, 0) is 22.4 Å². The van der Waals surface area contributed by atoms with E-state index in [4.69, 9.17) is 0 Å². The molecule has 110 valence electrons. The van der Waals surface area contributed by atoms with E-state index in [0.717, 1.165) is 11.1 Å². The molecule has 1 aliphatic rings. The molecule has 0 radical (unpaired) electrons. The molecule has 0 unspecified atom stereocenters. The molecule has 2 aromatic rings. The van der Waals surface area contributed by atoms with Gasteiger partial charge in [-0.15, -0.1) is 0 Å². The fourth-order valence-corrected chi connectivity index (χ4v) is 2.65. The quantitative estimate of drug-likeness (QED) is 0.880. The molecule has 1 heterocycles. The van der Waals surface area contributed by atoms with E-state index in [0.29, 0.717) is 12.0 Å². The van der Waals surface area contributed by atoms with Gasteiger partial charge in [-0.25, -0.2) is 0 Å². The third kappa shape index (κ3) is 2.68. The normalized spacial score (nSPS) is 13.9. The van der Waals surface area contributed by atoms with E-state index in [1.807, 2.05) is 18.2 Å². The Kier molecular flexibility index (Phi) is 3.83. The minimum Gasteiger partial charge on any atom is -0.506 e. The summed E-state index contributed by atoms with van der Waals surface area (Å²) in [6.45, 7) is 0. The van der Waals surface area contributed by atoms with Crippen LogP contribution in [0.3, 0.4) is 0 Å². The van der Waals surface area contributed by atoms with Crippen LogP contribution in [0.5, 0.6) is 0 Å². The van der Waals surface area contributed by atoms with Crippen molar-refractivity contribution in [1.82, 2.24) is 4.98 Å². The Hall–Kier alpha value is -2.75. The van der Waals surface area contributed by atoms with Crippen LogP contribution in [0.1, 0.15) is 23.1 Å². The van der Waals surface area contributed by atoms with Gasteiger partial charge in [0, 0.05) is 30.8 Å². The monoisotopic (exact) mass is 293 g/mol. The van der Waals surface area contributed by atoms with Crippen LogP contribution in [0.4, 0.5) is 0 Å². The van der Waals surface area contributed by atoms with Gasteiger partial charge >= 0.3 is 0 Å². The van der Waals surface area contributed by atoms with Gasteiger partial charge in [0.05, 0.1) is 0 Å². The number of carbonyl (C=O) groups is 2. The number of benzene rings is 1. The molecule has 0 spiro atoms. The van der Waals surface area contributed by atoms with Crippen LogP contribution in [0.2, 0.25) is 0 Å². The van der Waals surface area contributed by atoms with E-state index in [2.05, 4.69) is 4.98 Å². The van der Waals surface area contributed by atoms with Crippen LogP contribution < -0.4 is 0 Å². The van der Waals surface area contributed by atoms with E-state index >= 15 is 0 Å². The molecular weight excluding hydrogens is 278 g/mol. The van der Waals surface area contributed by atoms with Gasteiger partial charge < -0.3 is 5.11 Å². The molecular formula is C18H15NO3. The first-order valence-corrected chi connectivity index (χ1v) is 7.13. The van der Waals surface area contributed by atoms with Crippen LogP contribution in [0.15, 0.2) is 54.4 Å². The maximum absolute atomic E-state index is 12.3. The zero-order chi connectivity index (χ0) is 15.5. The Bertz CT molecular complexity index is 763. The highest BCUT2D eigenvalue weighted by atomic mass is 16.3. The van der Waals surface area contributed by atoms with Gasteiger partial charge in [-0.2, -0.15) is 0 Å². The molecule has 4 heteroatoms. The van der Waals surface area contributed by atoms with E-state index in [9.17, 15) is 14.7 Å². The third-order valence-electron chi connectivity index (χ3n) is 3.81. The summed E-state index contributed by atoms with van der Waals surface area (Å²) in [5.41, 5.74) is 2.25. The second-order valence-electron chi connectivity index (χ2n) is 5.26. The highest BCUT2D eigenvalue weighted by Gasteiger charge is 2.29. The Morgan fingerprint density at radius 2 is 1.86 bits per heavy atom. The van der Waals surface area contributed by atoms with Gasteiger partial charge in [0.15, 0.2) is 11.6 Å². The first-order valence-electron chi connectivity index (χ1n) is 7.13.